The van der Waals surface area contributed by atoms with Crippen molar-refractivity contribution in [1.29, 1.82) is 0 Å². The summed E-state index contributed by atoms with van der Waals surface area (Å²) < 4.78 is 5.47. The van der Waals surface area contributed by atoms with Crippen LogP contribution in [0.5, 0.6) is 5.75 Å². The SMILES string of the molecule is CCCc1cc(NC(=O)CCOc2ccccc2)n[nH]1. The van der Waals surface area contributed by atoms with Crippen molar-refractivity contribution in [3.8, 4) is 5.75 Å². The highest BCUT2D eigenvalue weighted by Crippen LogP contribution is 2.10. The van der Waals surface area contributed by atoms with Gasteiger partial charge in [-0.2, -0.15) is 5.10 Å². The fraction of sp³-hybridized carbons (Fsp3) is 0.333. The average molecular weight is 273 g/mol. The minimum absolute atomic E-state index is 0.101. The lowest BCUT2D eigenvalue weighted by Gasteiger charge is -2.05. The molecule has 0 saturated carbocycles. The van der Waals surface area contributed by atoms with Gasteiger partial charge in [0.1, 0.15) is 5.75 Å². The highest BCUT2D eigenvalue weighted by Gasteiger charge is 2.06. The Bertz CT molecular complexity index is 537. The normalized spacial score (nSPS) is 10.2. The van der Waals surface area contributed by atoms with Crippen molar-refractivity contribution in [1.82, 2.24) is 10.2 Å². The summed E-state index contributed by atoms with van der Waals surface area (Å²) in [5.41, 5.74) is 1.03. The molecule has 0 unspecified atom stereocenters. The zero-order valence-electron chi connectivity index (χ0n) is 11.6. The Labute approximate surface area is 118 Å². The molecule has 0 radical (unpaired) electrons. The number of nitrogens with zero attached hydrogens (tertiary/aromatic N) is 1. The average Bonchev–Trinajstić information content (AvgIpc) is 2.88. The lowest BCUT2D eigenvalue weighted by Crippen LogP contribution is -2.15. The second kappa shape index (κ2) is 7.33. The van der Waals surface area contributed by atoms with Gasteiger partial charge in [-0.05, 0) is 18.6 Å². The van der Waals surface area contributed by atoms with Gasteiger partial charge in [0.25, 0.3) is 0 Å². The predicted octanol–water partition coefficient (Wildman–Crippen LogP) is 2.77. The van der Waals surface area contributed by atoms with Crippen molar-refractivity contribution in [2.24, 2.45) is 0 Å². The van der Waals surface area contributed by atoms with Crippen molar-refractivity contribution >= 4 is 11.7 Å². The van der Waals surface area contributed by atoms with Crippen LogP contribution in [-0.2, 0) is 11.2 Å². The topological polar surface area (TPSA) is 67.0 Å². The van der Waals surface area contributed by atoms with E-state index in [0.717, 1.165) is 24.3 Å². The van der Waals surface area contributed by atoms with E-state index < -0.39 is 0 Å². The van der Waals surface area contributed by atoms with E-state index in [9.17, 15) is 4.79 Å². The molecule has 0 aliphatic carbocycles. The van der Waals surface area contributed by atoms with Crippen molar-refractivity contribution in [2.45, 2.75) is 26.2 Å². The van der Waals surface area contributed by atoms with Gasteiger partial charge in [0.2, 0.25) is 5.91 Å². The van der Waals surface area contributed by atoms with Crippen molar-refractivity contribution < 1.29 is 9.53 Å². The number of carbonyl (C=O) groups excluding carboxylic acids is 1. The third-order valence-electron chi connectivity index (χ3n) is 2.76. The van der Waals surface area contributed by atoms with E-state index in [1.165, 1.54) is 0 Å². The largest absolute Gasteiger partial charge is 0.493 e. The number of benzene rings is 1. The molecule has 5 nitrogen and oxygen atoms in total. The lowest BCUT2D eigenvalue weighted by atomic mass is 10.2. The summed E-state index contributed by atoms with van der Waals surface area (Å²) in [7, 11) is 0. The minimum Gasteiger partial charge on any atom is -0.493 e. The van der Waals surface area contributed by atoms with E-state index in [-0.39, 0.29) is 5.91 Å². The van der Waals surface area contributed by atoms with E-state index in [2.05, 4.69) is 22.4 Å². The Morgan fingerprint density at radius 2 is 2.15 bits per heavy atom. The Morgan fingerprint density at radius 1 is 1.35 bits per heavy atom. The smallest absolute Gasteiger partial charge is 0.229 e. The Kier molecular flexibility index (Phi) is 5.17. The molecule has 0 fully saturated rings. The fourth-order valence-electron chi connectivity index (χ4n) is 1.81. The maximum Gasteiger partial charge on any atom is 0.229 e. The lowest BCUT2D eigenvalue weighted by molar-refractivity contribution is -0.116. The van der Waals surface area contributed by atoms with Crippen LogP contribution in [0.2, 0.25) is 0 Å². The molecule has 0 spiro atoms. The molecule has 1 aromatic heterocycles. The molecule has 20 heavy (non-hydrogen) atoms. The molecule has 1 amide bonds. The summed E-state index contributed by atoms with van der Waals surface area (Å²) in [6, 6.07) is 11.3. The number of para-hydroxylation sites is 1. The second-order valence-corrected chi connectivity index (χ2v) is 4.49. The quantitative estimate of drug-likeness (QED) is 0.815. The number of nitrogens with one attached hydrogen (secondary N) is 2. The van der Waals surface area contributed by atoms with Crippen LogP contribution >= 0.6 is 0 Å². The molecule has 5 heteroatoms. The number of amides is 1. The molecule has 1 aromatic carbocycles. The molecule has 2 rings (SSSR count). The number of hydrogen-bond acceptors (Lipinski definition) is 3. The van der Waals surface area contributed by atoms with Gasteiger partial charge in [0, 0.05) is 11.8 Å². The number of anilines is 1. The van der Waals surface area contributed by atoms with Crippen LogP contribution in [0.15, 0.2) is 36.4 Å². The van der Waals surface area contributed by atoms with Gasteiger partial charge in [0.05, 0.1) is 13.0 Å². The molecule has 0 bridgehead atoms. The molecule has 0 aliphatic heterocycles. The van der Waals surface area contributed by atoms with Gasteiger partial charge in [-0.1, -0.05) is 31.5 Å². The number of ether oxygens (including phenoxy) is 1. The van der Waals surface area contributed by atoms with Crippen LogP contribution in [0.25, 0.3) is 0 Å². The summed E-state index contributed by atoms with van der Waals surface area (Å²) in [6.45, 7) is 2.45. The maximum atomic E-state index is 11.7. The Balaban J connectivity index is 1.72. The zero-order chi connectivity index (χ0) is 14.2. The van der Waals surface area contributed by atoms with Crippen LogP contribution < -0.4 is 10.1 Å². The minimum atomic E-state index is -0.101. The van der Waals surface area contributed by atoms with E-state index in [1.807, 2.05) is 36.4 Å². The molecule has 1 heterocycles. The first-order valence-electron chi connectivity index (χ1n) is 6.80. The molecule has 0 aliphatic rings. The summed E-state index contributed by atoms with van der Waals surface area (Å²) in [4.78, 5) is 11.7. The van der Waals surface area contributed by atoms with E-state index in [4.69, 9.17) is 4.74 Å². The number of rotatable bonds is 7. The van der Waals surface area contributed by atoms with Gasteiger partial charge < -0.3 is 10.1 Å². The van der Waals surface area contributed by atoms with Crippen LogP contribution in [0, 0.1) is 0 Å². The van der Waals surface area contributed by atoms with Crippen LogP contribution in [0.4, 0.5) is 5.82 Å². The van der Waals surface area contributed by atoms with Crippen molar-refractivity contribution in [2.75, 3.05) is 11.9 Å². The number of carbonyl (C=O) groups is 1. The first kappa shape index (κ1) is 14.1. The molecule has 0 saturated heterocycles. The van der Waals surface area contributed by atoms with Gasteiger partial charge >= 0.3 is 0 Å². The van der Waals surface area contributed by atoms with Crippen LogP contribution in [0.3, 0.4) is 0 Å². The number of aromatic nitrogens is 2. The van der Waals surface area contributed by atoms with Gasteiger partial charge in [0.15, 0.2) is 5.82 Å². The van der Waals surface area contributed by atoms with E-state index in [1.54, 1.807) is 0 Å². The maximum absolute atomic E-state index is 11.7. The summed E-state index contributed by atoms with van der Waals surface area (Å²) in [5.74, 6) is 1.24. The monoisotopic (exact) mass is 273 g/mol. The van der Waals surface area contributed by atoms with Crippen LogP contribution in [-0.4, -0.2) is 22.7 Å². The van der Waals surface area contributed by atoms with E-state index >= 15 is 0 Å². The summed E-state index contributed by atoms with van der Waals surface area (Å²) in [5, 5.41) is 9.69. The summed E-state index contributed by atoms with van der Waals surface area (Å²) in [6.07, 6.45) is 2.27. The number of H-pyrrole nitrogens is 1. The molecular formula is C15H19N3O2. The van der Waals surface area contributed by atoms with Crippen LogP contribution in [0.1, 0.15) is 25.5 Å². The van der Waals surface area contributed by atoms with E-state index in [0.29, 0.717) is 18.8 Å². The Morgan fingerprint density at radius 3 is 2.90 bits per heavy atom. The van der Waals surface area contributed by atoms with Crippen molar-refractivity contribution in [3.63, 3.8) is 0 Å². The first-order chi connectivity index (χ1) is 9.78. The highest BCUT2D eigenvalue weighted by molar-refractivity contribution is 5.89. The number of aromatic amines is 1. The Hall–Kier alpha value is -2.30. The first-order valence-corrected chi connectivity index (χ1v) is 6.80. The van der Waals surface area contributed by atoms with Gasteiger partial charge in [-0.3, -0.25) is 9.89 Å². The van der Waals surface area contributed by atoms with Crippen molar-refractivity contribution in [3.05, 3.63) is 42.1 Å². The fourth-order valence-corrected chi connectivity index (χ4v) is 1.81. The third kappa shape index (κ3) is 4.42. The number of aryl methyl sites for hydroxylation is 1. The standard InChI is InChI=1S/C15H19N3O2/c1-2-6-12-11-14(18-17-12)16-15(19)9-10-20-13-7-4-3-5-8-13/h3-5,7-8,11H,2,6,9-10H2,1H3,(H2,16,17,18,19). The molecule has 0 atom stereocenters. The molecule has 2 aromatic rings. The second-order valence-electron chi connectivity index (χ2n) is 4.49. The zero-order valence-corrected chi connectivity index (χ0v) is 11.6. The molecular weight excluding hydrogens is 254 g/mol. The summed E-state index contributed by atoms with van der Waals surface area (Å²) >= 11 is 0. The van der Waals surface area contributed by atoms with Gasteiger partial charge in [-0.15, -0.1) is 0 Å². The predicted molar refractivity (Wildman–Crippen MR) is 77.8 cm³/mol. The number of hydrogen-bond donors (Lipinski definition) is 2. The molecule has 2 N–H and O–H groups in total. The highest BCUT2D eigenvalue weighted by atomic mass is 16.5. The third-order valence-corrected chi connectivity index (χ3v) is 2.76. The van der Waals surface area contributed by atoms with Gasteiger partial charge in [-0.25, -0.2) is 0 Å². The molecule has 106 valence electrons.